The highest BCUT2D eigenvalue weighted by Crippen LogP contribution is 2.35. The number of hydrogen-bond donors (Lipinski definition) is 1. The SMILES string of the molecule is CC(C)c1nc(CCOC(N)=O)n(C)c1Sc1cc(F)cc(F)c1. The third-order valence-corrected chi connectivity index (χ3v) is 4.48. The molecule has 0 aliphatic rings. The van der Waals surface area contributed by atoms with Gasteiger partial charge in [-0.2, -0.15) is 0 Å². The lowest BCUT2D eigenvalue weighted by Crippen LogP contribution is -2.15. The van der Waals surface area contributed by atoms with Crippen molar-refractivity contribution in [2.75, 3.05) is 6.61 Å². The number of carbonyl (C=O) groups is 1. The smallest absolute Gasteiger partial charge is 0.404 e. The Bertz CT molecular complexity index is 727. The maximum absolute atomic E-state index is 13.4. The van der Waals surface area contributed by atoms with Crippen LogP contribution in [0.4, 0.5) is 13.6 Å². The van der Waals surface area contributed by atoms with E-state index in [1.54, 1.807) is 0 Å². The number of rotatable bonds is 6. The quantitative estimate of drug-likeness (QED) is 0.859. The van der Waals surface area contributed by atoms with Gasteiger partial charge in [-0.25, -0.2) is 18.6 Å². The molecule has 0 aliphatic heterocycles. The van der Waals surface area contributed by atoms with Crippen molar-refractivity contribution in [3.63, 3.8) is 0 Å². The molecule has 2 aromatic rings. The van der Waals surface area contributed by atoms with E-state index in [0.717, 1.165) is 16.8 Å². The fourth-order valence-electron chi connectivity index (χ4n) is 2.21. The maximum Gasteiger partial charge on any atom is 0.404 e. The second-order valence-electron chi connectivity index (χ2n) is 5.56. The summed E-state index contributed by atoms with van der Waals surface area (Å²) in [4.78, 5) is 15.7. The van der Waals surface area contributed by atoms with Crippen LogP contribution >= 0.6 is 11.8 Å². The summed E-state index contributed by atoms with van der Waals surface area (Å²) in [5.41, 5.74) is 5.77. The predicted molar refractivity (Wildman–Crippen MR) is 87.0 cm³/mol. The number of carbonyl (C=O) groups excluding carboxylic acids is 1. The van der Waals surface area contributed by atoms with Gasteiger partial charge in [-0.3, -0.25) is 0 Å². The number of aromatic nitrogens is 2. The lowest BCUT2D eigenvalue weighted by Gasteiger charge is -2.09. The molecule has 0 bridgehead atoms. The normalized spacial score (nSPS) is 11.1. The number of nitrogens with zero attached hydrogens (tertiary/aromatic N) is 2. The number of imidazole rings is 1. The Kier molecular flexibility index (Phi) is 5.82. The molecule has 0 radical (unpaired) electrons. The molecule has 24 heavy (non-hydrogen) atoms. The molecule has 1 aromatic carbocycles. The van der Waals surface area contributed by atoms with Gasteiger partial charge in [-0.05, 0) is 18.1 Å². The number of primary amides is 1. The molecule has 8 heteroatoms. The van der Waals surface area contributed by atoms with Crippen molar-refractivity contribution in [3.05, 3.63) is 41.4 Å². The molecule has 1 amide bonds. The standard InChI is InChI=1S/C16H19F2N3O2S/c1-9(2)14-15(24-12-7-10(17)6-11(18)8-12)21(3)13(20-14)4-5-23-16(19)22/h6-9H,4-5H2,1-3H3,(H2,19,22). The largest absolute Gasteiger partial charge is 0.449 e. The molecule has 0 saturated carbocycles. The topological polar surface area (TPSA) is 70.1 Å². The van der Waals surface area contributed by atoms with Crippen molar-refractivity contribution >= 4 is 17.9 Å². The molecule has 130 valence electrons. The third-order valence-electron chi connectivity index (χ3n) is 3.33. The van der Waals surface area contributed by atoms with Crippen LogP contribution in [-0.4, -0.2) is 22.3 Å². The highest BCUT2D eigenvalue weighted by atomic mass is 32.2. The third kappa shape index (κ3) is 4.47. The molecule has 0 aliphatic carbocycles. The molecule has 2 rings (SSSR count). The number of amides is 1. The van der Waals surface area contributed by atoms with E-state index in [0.29, 0.717) is 17.1 Å². The van der Waals surface area contributed by atoms with Crippen LogP contribution in [-0.2, 0) is 18.2 Å². The summed E-state index contributed by atoms with van der Waals surface area (Å²) in [5.74, 6) is -0.413. The van der Waals surface area contributed by atoms with Gasteiger partial charge in [-0.15, -0.1) is 0 Å². The van der Waals surface area contributed by atoms with Crippen LogP contribution in [0.5, 0.6) is 0 Å². The van der Waals surface area contributed by atoms with Gasteiger partial charge in [-0.1, -0.05) is 25.6 Å². The van der Waals surface area contributed by atoms with Crippen molar-refractivity contribution in [3.8, 4) is 0 Å². The minimum Gasteiger partial charge on any atom is -0.449 e. The van der Waals surface area contributed by atoms with Crippen molar-refractivity contribution < 1.29 is 18.3 Å². The minimum absolute atomic E-state index is 0.121. The average Bonchev–Trinajstić information content (AvgIpc) is 2.75. The van der Waals surface area contributed by atoms with E-state index in [1.165, 1.54) is 23.9 Å². The maximum atomic E-state index is 13.4. The van der Waals surface area contributed by atoms with Gasteiger partial charge >= 0.3 is 6.09 Å². The molecular weight excluding hydrogens is 336 g/mol. The summed E-state index contributed by atoms with van der Waals surface area (Å²) in [6, 6.07) is 3.39. The molecule has 0 atom stereocenters. The first-order valence-electron chi connectivity index (χ1n) is 7.39. The molecule has 0 spiro atoms. The Balaban J connectivity index is 2.30. The number of benzene rings is 1. The van der Waals surface area contributed by atoms with Gasteiger partial charge in [0.2, 0.25) is 0 Å². The van der Waals surface area contributed by atoms with Gasteiger partial charge < -0.3 is 15.0 Å². The highest BCUT2D eigenvalue weighted by molar-refractivity contribution is 7.99. The van der Waals surface area contributed by atoms with Crippen LogP contribution in [0.1, 0.15) is 31.3 Å². The van der Waals surface area contributed by atoms with Gasteiger partial charge in [0.25, 0.3) is 0 Å². The second-order valence-corrected chi connectivity index (χ2v) is 6.62. The Morgan fingerprint density at radius 2 is 1.96 bits per heavy atom. The lowest BCUT2D eigenvalue weighted by atomic mass is 10.1. The number of ether oxygens (including phenoxy) is 1. The molecule has 0 fully saturated rings. The van der Waals surface area contributed by atoms with Crippen molar-refractivity contribution in [2.45, 2.75) is 36.1 Å². The Hall–Kier alpha value is -2.09. The van der Waals surface area contributed by atoms with Crippen LogP contribution in [0.2, 0.25) is 0 Å². The minimum atomic E-state index is -0.835. The second kappa shape index (κ2) is 7.65. The Labute approximate surface area is 143 Å². The molecule has 1 aromatic heterocycles. The Morgan fingerprint density at radius 1 is 1.33 bits per heavy atom. The van der Waals surface area contributed by atoms with E-state index >= 15 is 0 Å². The lowest BCUT2D eigenvalue weighted by molar-refractivity contribution is 0.157. The summed E-state index contributed by atoms with van der Waals surface area (Å²) in [5, 5.41) is 0.795. The Morgan fingerprint density at radius 3 is 2.50 bits per heavy atom. The van der Waals surface area contributed by atoms with Crippen LogP contribution in [0, 0.1) is 11.6 Å². The highest BCUT2D eigenvalue weighted by Gasteiger charge is 2.19. The number of hydrogen-bond acceptors (Lipinski definition) is 4. The van der Waals surface area contributed by atoms with Crippen molar-refractivity contribution in [1.29, 1.82) is 0 Å². The number of halogens is 2. The summed E-state index contributed by atoms with van der Waals surface area (Å²) >= 11 is 1.25. The zero-order chi connectivity index (χ0) is 17.9. The average molecular weight is 355 g/mol. The van der Waals surface area contributed by atoms with E-state index in [1.807, 2.05) is 25.5 Å². The molecule has 0 saturated heterocycles. The van der Waals surface area contributed by atoms with Gasteiger partial charge in [0.1, 0.15) is 29.1 Å². The van der Waals surface area contributed by atoms with E-state index < -0.39 is 17.7 Å². The summed E-state index contributed by atoms with van der Waals surface area (Å²) < 4.78 is 33.4. The fraction of sp³-hybridized carbons (Fsp3) is 0.375. The van der Waals surface area contributed by atoms with Crippen molar-refractivity contribution in [2.24, 2.45) is 12.8 Å². The molecular formula is C16H19F2N3O2S. The van der Waals surface area contributed by atoms with Crippen LogP contribution < -0.4 is 5.73 Å². The summed E-state index contributed by atoms with van der Waals surface area (Å²) in [7, 11) is 1.82. The van der Waals surface area contributed by atoms with Crippen LogP contribution in [0.3, 0.4) is 0 Å². The molecule has 0 unspecified atom stereocenters. The summed E-state index contributed by atoms with van der Waals surface area (Å²) in [6.07, 6.45) is -0.435. The number of nitrogens with two attached hydrogens (primary N) is 1. The first-order valence-corrected chi connectivity index (χ1v) is 8.21. The van der Waals surface area contributed by atoms with Gasteiger partial charge in [0, 0.05) is 24.4 Å². The zero-order valence-corrected chi connectivity index (χ0v) is 14.5. The van der Waals surface area contributed by atoms with E-state index in [-0.39, 0.29) is 12.5 Å². The first kappa shape index (κ1) is 18.3. The molecule has 2 N–H and O–H groups in total. The van der Waals surface area contributed by atoms with Gasteiger partial charge in [0.15, 0.2) is 0 Å². The molecule has 5 nitrogen and oxygen atoms in total. The van der Waals surface area contributed by atoms with E-state index in [9.17, 15) is 13.6 Å². The molecule has 1 heterocycles. The monoisotopic (exact) mass is 355 g/mol. The first-order chi connectivity index (χ1) is 11.3. The van der Waals surface area contributed by atoms with Gasteiger partial charge in [0.05, 0.1) is 5.69 Å². The predicted octanol–water partition coefficient (Wildman–Crippen LogP) is 3.61. The van der Waals surface area contributed by atoms with Crippen LogP contribution in [0.15, 0.2) is 28.1 Å². The zero-order valence-electron chi connectivity index (χ0n) is 13.7. The van der Waals surface area contributed by atoms with E-state index in [4.69, 9.17) is 10.5 Å². The summed E-state index contributed by atoms with van der Waals surface area (Å²) in [6.45, 7) is 4.10. The van der Waals surface area contributed by atoms with Crippen LogP contribution in [0.25, 0.3) is 0 Å². The van der Waals surface area contributed by atoms with E-state index in [2.05, 4.69) is 4.98 Å². The fourth-order valence-corrected chi connectivity index (χ4v) is 3.41. The van der Waals surface area contributed by atoms with Crippen molar-refractivity contribution in [1.82, 2.24) is 9.55 Å².